The second-order valence-corrected chi connectivity index (χ2v) is 8.35. The average molecular weight is 452 g/mol. The molecule has 1 atom stereocenters. The van der Waals surface area contributed by atoms with Gasteiger partial charge in [0.05, 0.1) is 16.6 Å². The van der Waals surface area contributed by atoms with Crippen LogP contribution in [0.3, 0.4) is 0 Å². The Hall–Kier alpha value is -3.59. The molecule has 0 saturated heterocycles. The molecule has 4 rings (SSSR count). The lowest BCUT2D eigenvalue weighted by atomic mass is 10.2. The lowest BCUT2D eigenvalue weighted by Gasteiger charge is -2.15. The van der Waals surface area contributed by atoms with E-state index in [-0.39, 0.29) is 5.69 Å². The summed E-state index contributed by atoms with van der Waals surface area (Å²) in [5.74, 6) is -1.22. The molecular formula is C23H19F2N5OS. The number of amides is 1. The first-order chi connectivity index (χ1) is 15.4. The van der Waals surface area contributed by atoms with Crippen molar-refractivity contribution in [2.75, 3.05) is 5.32 Å². The molecule has 0 aliphatic heterocycles. The fraction of sp³-hybridized carbons (Fsp3) is 0.130. The molecule has 1 unspecified atom stereocenters. The van der Waals surface area contributed by atoms with Crippen molar-refractivity contribution < 1.29 is 13.6 Å². The predicted octanol–water partition coefficient (Wildman–Crippen LogP) is 5.04. The minimum absolute atomic E-state index is 0.208. The van der Waals surface area contributed by atoms with Gasteiger partial charge in [-0.15, -0.1) is 10.2 Å². The predicted molar refractivity (Wildman–Crippen MR) is 120 cm³/mol. The fourth-order valence-corrected chi connectivity index (χ4v) is 3.97. The van der Waals surface area contributed by atoms with E-state index in [1.807, 2.05) is 47.9 Å². The Kier molecular flexibility index (Phi) is 6.27. The summed E-state index contributed by atoms with van der Waals surface area (Å²) in [5.41, 5.74) is 2.49. The maximum absolute atomic E-state index is 13.9. The van der Waals surface area contributed by atoms with Crippen molar-refractivity contribution in [2.24, 2.45) is 0 Å². The molecule has 2 aromatic heterocycles. The van der Waals surface area contributed by atoms with E-state index in [1.54, 1.807) is 19.3 Å². The number of benzene rings is 2. The number of carbonyl (C=O) groups excluding carboxylic acids is 1. The number of thioether (sulfide) groups is 1. The van der Waals surface area contributed by atoms with Crippen LogP contribution in [-0.2, 0) is 4.79 Å². The van der Waals surface area contributed by atoms with Crippen molar-refractivity contribution in [1.82, 2.24) is 19.7 Å². The number of pyridine rings is 1. The molecule has 0 radical (unpaired) electrons. The van der Waals surface area contributed by atoms with Crippen LogP contribution in [-0.4, -0.2) is 30.9 Å². The van der Waals surface area contributed by atoms with Gasteiger partial charge in [-0.3, -0.25) is 14.3 Å². The summed E-state index contributed by atoms with van der Waals surface area (Å²) < 4.78 is 29.2. The first-order valence-electron chi connectivity index (χ1n) is 9.78. The van der Waals surface area contributed by atoms with Crippen LogP contribution >= 0.6 is 11.8 Å². The number of anilines is 1. The summed E-state index contributed by atoms with van der Waals surface area (Å²) in [4.78, 5) is 16.7. The summed E-state index contributed by atoms with van der Waals surface area (Å²) in [6, 6.07) is 14.3. The van der Waals surface area contributed by atoms with Gasteiger partial charge in [-0.2, -0.15) is 0 Å². The Morgan fingerprint density at radius 2 is 1.81 bits per heavy atom. The van der Waals surface area contributed by atoms with Gasteiger partial charge in [-0.25, -0.2) is 8.78 Å². The number of para-hydroxylation sites is 1. The van der Waals surface area contributed by atoms with Crippen molar-refractivity contribution in [2.45, 2.75) is 24.3 Å². The van der Waals surface area contributed by atoms with Gasteiger partial charge in [0, 0.05) is 24.0 Å². The first kappa shape index (κ1) is 21.6. The van der Waals surface area contributed by atoms with Gasteiger partial charge >= 0.3 is 0 Å². The molecule has 0 aliphatic carbocycles. The Labute approximate surface area is 187 Å². The Balaban J connectivity index is 1.66. The minimum Gasteiger partial charge on any atom is -0.323 e. The second-order valence-electron chi connectivity index (χ2n) is 7.04. The van der Waals surface area contributed by atoms with E-state index in [1.165, 1.54) is 11.8 Å². The molecule has 0 aliphatic rings. The van der Waals surface area contributed by atoms with Gasteiger partial charge in [0.2, 0.25) is 5.91 Å². The largest absolute Gasteiger partial charge is 0.323 e. The molecule has 162 valence electrons. The van der Waals surface area contributed by atoms with E-state index < -0.39 is 22.8 Å². The van der Waals surface area contributed by atoms with Gasteiger partial charge in [0.25, 0.3) is 0 Å². The zero-order chi connectivity index (χ0) is 22.7. The van der Waals surface area contributed by atoms with Crippen LogP contribution in [0.5, 0.6) is 0 Å². The maximum Gasteiger partial charge on any atom is 0.237 e. The summed E-state index contributed by atoms with van der Waals surface area (Å²) in [6.07, 6.45) is 3.34. The standard InChI is InChI=1S/C23H19F2N5OS/c1-14-5-3-4-6-20(14)30-21(16-9-11-26-12-10-16)28-29-23(30)32-15(2)22(31)27-19-13-17(24)7-8-18(19)25/h3-13,15H,1-2H3,(H,27,31). The molecule has 2 heterocycles. The maximum atomic E-state index is 13.9. The smallest absolute Gasteiger partial charge is 0.237 e. The van der Waals surface area contributed by atoms with Crippen LogP contribution < -0.4 is 5.32 Å². The van der Waals surface area contributed by atoms with Crippen LogP contribution in [0.15, 0.2) is 72.1 Å². The lowest BCUT2D eigenvalue weighted by Crippen LogP contribution is -2.23. The summed E-state index contributed by atoms with van der Waals surface area (Å²) in [5, 5.41) is 10.9. The Morgan fingerprint density at radius 1 is 1.06 bits per heavy atom. The minimum atomic E-state index is -0.708. The molecule has 6 nitrogen and oxygen atoms in total. The highest BCUT2D eigenvalue weighted by atomic mass is 32.2. The number of carbonyl (C=O) groups is 1. The van der Waals surface area contributed by atoms with Crippen molar-refractivity contribution >= 4 is 23.4 Å². The molecule has 4 aromatic rings. The van der Waals surface area contributed by atoms with Gasteiger partial charge in [-0.05, 0) is 49.7 Å². The third kappa shape index (κ3) is 4.52. The van der Waals surface area contributed by atoms with Gasteiger partial charge in [0.1, 0.15) is 11.6 Å². The van der Waals surface area contributed by atoms with Crippen LogP contribution in [0, 0.1) is 18.6 Å². The number of aromatic nitrogens is 4. The molecule has 2 aromatic carbocycles. The van der Waals surface area contributed by atoms with E-state index >= 15 is 0 Å². The fourth-order valence-electron chi connectivity index (χ4n) is 3.10. The topological polar surface area (TPSA) is 72.7 Å². The molecule has 0 saturated carbocycles. The first-order valence-corrected chi connectivity index (χ1v) is 10.7. The van der Waals surface area contributed by atoms with Crippen molar-refractivity contribution in [3.8, 4) is 17.1 Å². The summed E-state index contributed by atoms with van der Waals surface area (Å²) >= 11 is 1.17. The lowest BCUT2D eigenvalue weighted by molar-refractivity contribution is -0.115. The zero-order valence-electron chi connectivity index (χ0n) is 17.3. The average Bonchev–Trinajstić information content (AvgIpc) is 3.20. The third-order valence-electron chi connectivity index (χ3n) is 4.77. The molecule has 1 amide bonds. The van der Waals surface area contributed by atoms with Gasteiger partial charge in [0.15, 0.2) is 11.0 Å². The normalized spacial score (nSPS) is 11.9. The summed E-state index contributed by atoms with van der Waals surface area (Å²) in [6.45, 7) is 3.64. The van der Waals surface area contributed by atoms with E-state index in [0.29, 0.717) is 11.0 Å². The van der Waals surface area contributed by atoms with Crippen molar-refractivity contribution in [3.63, 3.8) is 0 Å². The molecule has 1 N–H and O–H groups in total. The Morgan fingerprint density at radius 3 is 2.56 bits per heavy atom. The number of hydrogen-bond acceptors (Lipinski definition) is 5. The molecule has 32 heavy (non-hydrogen) atoms. The zero-order valence-corrected chi connectivity index (χ0v) is 18.1. The van der Waals surface area contributed by atoms with Crippen LogP contribution in [0.2, 0.25) is 0 Å². The third-order valence-corrected chi connectivity index (χ3v) is 5.81. The Bertz CT molecular complexity index is 1260. The molecular weight excluding hydrogens is 432 g/mol. The number of hydrogen-bond donors (Lipinski definition) is 1. The number of halogens is 2. The van der Waals surface area contributed by atoms with E-state index in [4.69, 9.17) is 0 Å². The van der Waals surface area contributed by atoms with Crippen molar-refractivity contribution in [3.05, 3.63) is 84.2 Å². The van der Waals surface area contributed by atoms with E-state index in [9.17, 15) is 13.6 Å². The quantitative estimate of drug-likeness (QED) is 0.416. The number of nitrogens with one attached hydrogen (secondary N) is 1. The van der Waals surface area contributed by atoms with Crippen molar-refractivity contribution in [1.29, 1.82) is 0 Å². The van der Waals surface area contributed by atoms with Crippen LogP contribution in [0.1, 0.15) is 12.5 Å². The highest BCUT2D eigenvalue weighted by molar-refractivity contribution is 8.00. The molecule has 0 fully saturated rings. The summed E-state index contributed by atoms with van der Waals surface area (Å²) in [7, 11) is 0. The molecule has 0 spiro atoms. The SMILES string of the molecule is Cc1ccccc1-n1c(SC(C)C(=O)Nc2cc(F)ccc2F)nnc1-c1ccncc1. The number of rotatable bonds is 6. The van der Waals surface area contributed by atoms with Gasteiger partial charge < -0.3 is 5.32 Å². The highest BCUT2D eigenvalue weighted by Crippen LogP contribution is 2.31. The highest BCUT2D eigenvalue weighted by Gasteiger charge is 2.23. The molecule has 9 heteroatoms. The van der Waals surface area contributed by atoms with E-state index in [0.717, 1.165) is 35.0 Å². The monoisotopic (exact) mass is 451 g/mol. The van der Waals surface area contributed by atoms with Crippen LogP contribution in [0.4, 0.5) is 14.5 Å². The van der Waals surface area contributed by atoms with E-state index in [2.05, 4.69) is 20.5 Å². The van der Waals surface area contributed by atoms with Gasteiger partial charge in [-0.1, -0.05) is 30.0 Å². The second kappa shape index (κ2) is 9.27. The number of aryl methyl sites for hydroxylation is 1. The molecule has 0 bridgehead atoms. The van der Waals surface area contributed by atoms with Crippen LogP contribution in [0.25, 0.3) is 17.1 Å². The number of nitrogens with zero attached hydrogens (tertiary/aromatic N) is 4.